The molecule has 1 aliphatic rings. The van der Waals surface area contributed by atoms with E-state index in [1.165, 1.54) is 4.31 Å². The van der Waals surface area contributed by atoms with Gasteiger partial charge in [-0.05, 0) is 32.9 Å². The van der Waals surface area contributed by atoms with E-state index in [1.54, 1.807) is 26.2 Å². The van der Waals surface area contributed by atoms with Crippen LogP contribution in [-0.2, 0) is 14.8 Å². The topological polar surface area (TPSA) is 109 Å². The molecule has 3 rings (SSSR count). The Bertz CT molecular complexity index is 863. The second kappa shape index (κ2) is 7.83. The van der Waals surface area contributed by atoms with Crippen molar-refractivity contribution in [1.29, 1.82) is 0 Å². The minimum Gasteiger partial charge on any atom is -0.467 e. The summed E-state index contributed by atoms with van der Waals surface area (Å²) in [5.74, 6) is 0.862. The van der Waals surface area contributed by atoms with Crippen LogP contribution in [0.3, 0.4) is 0 Å². The molecule has 27 heavy (non-hydrogen) atoms. The molecule has 1 fully saturated rings. The lowest BCUT2D eigenvalue weighted by molar-refractivity contribution is -0.123. The Morgan fingerprint density at radius 3 is 2.56 bits per heavy atom. The minimum absolute atomic E-state index is 0.124. The molecule has 0 spiro atoms. The van der Waals surface area contributed by atoms with Gasteiger partial charge in [-0.2, -0.15) is 4.31 Å². The van der Waals surface area contributed by atoms with Gasteiger partial charge in [0.05, 0.1) is 18.8 Å². The van der Waals surface area contributed by atoms with Crippen LogP contribution in [0.2, 0.25) is 0 Å². The van der Waals surface area contributed by atoms with Crippen molar-refractivity contribution in [2.24, 2.45) is 0 Å². The van der Waals surface area contributed by atoms with E-state index < -0.39 is 10.0 Å². The van der Waals surface area contributed by atoms with Crippen LogP contribution in [0, 0.1) is 13.8 Å². The fraction of sp³-hybridized carbons (Fsp3) is 0.529. The highest BCUT2D eigenvalue weighted by molar-refractivity contribution is 7.89. The van der Waals surface area contributed by atoms with Crippen molar-refractivity contribution in [3.63, 3.8) is 0 Å². The average Bonchev–Trinajstić information content (AvgIpc) is 3.25. The fourth-order valence-electron chi connectivity index (χ4n) is 3.20. The van der Waals surface area contributed by atoms with Crippen molar-refractivity contribution in [3.05, 3.63) is 35.6 Å². The molecule has 0 bridgehead atoms. The molecule has 1 amide bonds. The third kappa shape index (κ3) is 4.23. The second-order valence-electron chi connectivity index (χ2n) is 6.64. The van der Waals surface area contributed by atoms with Gasteiger partial charge in [0.15, 0.2) is 5.76 Å². The number of hydrogen-bond donors (Lipinski definition) is 1. The smallest absolute Gasteiger partial charge is 0.248 e. The van der Waals surface area contributed by atoms with Crippen molar-refractivity contribution < 1.29 is 22.2 Å². The molecule has 0 aromatic carbocycles. The minimum atomic E-state index is -3.64. The molecular weight excluding hydrogens is 372 g/mol. The van der Waals surface area contributed by atoms with Crippen LogP contribution >= 0.6 is 0 Å². The Morgan fingerprint density at radius 2 is 2.00 bits per heavy atom. The molecule has 9 nitrogen and oxygen atoms in total. The van der Waals surface area contributed by atoms with Crippen LogP contribution in [0.4, 0.5) is 0 Å². The Morgan fingerprint density at radius 1 is 1.30 bits per heavy atom. The standard InChI is InChI=1S/C17H24N4O5S/c1-12(15-5-4-10-25-15)18-16(22)11-20-6-8-21(9-7-20)27(23,24)17-13(2)19-26-14(17)3/h4-5,10,12H,6-9,11H2,1-3H3,(H,18,22). The van der Waals surface area contributed by atoms with E-state index >= 15 is 0 Å². The van der Waals surface area contributed by atoms with Crippen molar-refractivity contribution in [1.82, 2.24) is 19.7 Å². The van der Waals surface area contributed by atoms with Gasteiger partial charge in [-0.1, -0.05) is 5.16 Å². The summed E-state index contributed by atoms with van der Waals surface area (Å²) in [5, 5.41) is 6.61. The molecule has 0 radical (unpaired) electrons. The third-order valence-corrected chi connectivity index (χ3v) is 6.76. The van der Waals surface area contributed by atoms with Crippen LogP contribution in [0.25, 0.3) is 0 Å². The molecule has 2 aromatic rings. The number of nitrogens with zero attached hydrogens (tertiary/aromatic N) is 3. The first-order valence-corrected chi connectivity index (χ1v) is 10.2. The van der Waals surface area contributed by atoms with Crippen LogP contribution in [0.1, 0.15) is 30.2 Å². The summed E-state index contributed by atoms with van der Waals surface area (Å²) in [6, 6.07) is 3.37. The van der Waals surface area contributed by atoms with Gasteiger partial charge >= 0.3 is 0 Å². The van der Waals surface area contributed by atoms with Gasteiger partial charge in [-0.3, -0.25) is 9.69 Å². The van der Waals surface area contributed by atoms with Crippen molar-refractivity contribution in [2.75, 3.05) is 32.7 Å². The van der Waals surface area contributed by atoms with E-state index in [0.717, 1.165) is 0 Å². The number of piperazine rings is 1. The molecule has 1 atom stereocenters. The zero-order valence-electron chi connectivity index (χ0n) is 15.6. The van der Waals surface area contributed by atoms with Crippen molar-refractivity contribution in [2.45, 2.75) is 31.7 Å². The fourth-order valence-corrected chi connectivity index (χ4v) is 4.91. The lowest BCUT2D eigenvalue weighted by Crippen LogP contribution is -2.51. The summed E-state index contributed by atoms with van der Waals surface area (Å²) in [6.45, 7) is 6.85. The number of carbonyl (C=O) groups excluding carboxylic acids is 1. The van der Waals surface area contributed by atoms with Crippen LogP contribution in [0.15, 0.2) is 32.2 Å². The SMILES string of the molecule is Cc1noc(C)c1S(=O)(=O)N1CCN(CC(=O)NC(C)c2ccco2)CC1. The molecule has 1 saturated heterocycles. The largest absolute Gasteiger partial charge is 0.467 e. The molecule has 0 saturated carbocycles. The molecule has 1 unspecified atom stereocenters. The maximum Gasteiger partial charge on any atom is 0.248 e. The number of sulfonamides is 1. The van der Waals surface area contributed by atoms with Gasteiger partial charge in [0.25, 0.3) is 0 Å². The van der Waals surface area contributed by atoms with E-state index in [-0.39, 0.29) is 23.4 Å². The number of hydrogen-bond acceptors (Lipinski definition) is 7. The molecule has 10 heteroatoms. The molecular formula is C17H24N4O5S. The zero-order chi connectivity index (χ0) is 19.6. The van der Waals surface area contributed by atoms with Crippen molar-refractivity contribution >= 4 is 15.9 Å². The quantitative estimate of drug-likeness (QED) is 0.778. The third-order valence-electron chi connectivity index (χ3n) is 4.61. The molecule has 0 aliphatic carbocycles. The number of nitrogens with one attached hydrogen (secondary N) is 1. The average molecular weight is 396 g/mol. The highest BCUT2D eigenvalue weighted by atomic mass is 32.2. The van der Waals surface area contributed by atoms with E-state index in [2.05, 4.69) is 10.5 Å². The second-order valence-corrected chi connectivity index (χ2v) is 8.51. The summed E-state index contributed by atoms with van der Waals surface area (Å²) in [7, 11) is -3.64. The number of aromatic nitrogens is 1. The predicted octanol–water partition coefficient (Wildman–Crippen LogP) is 1.07. The van der Waals surface area contributed by atoms with E-state index in [0.29, 0.717) is 43.4 Å². The highest BCUT2D eigenvalue weighted by Crippen LogP contribution is 2.24. The van der Waals surface area contributed by atoms with Gasteiger partial charge in [0.2, 0.25) is 15.9 Å². The Labute approximate surface area is 158 Å². The molecule has 1 aliphatic heterocycles. The zero-order valence-corrected chi connectivity index (χ0v) is 16.5. The lowest BCUT2D eigenvalue weighted by atomic mass is 10.2. The molecule has 148 valence electrons. The number of aryl methyl sites for hydroxylation is 2. The lowest BCUT2D eigenvalue weighted by Gasteiger charge is -2.33. The van der Waals surface area contributed by atoms with Crippen LogP contribution < -0.4 is 5.32 Å². The van der Waals surface area contributed by atoms with Gasteiger partial charge in [-0.15, -0.1) is 0 Å². The van der Waals surface area contributed by atoms with Gasteiger partial charge in [0, 0.05) is 26.2 Å². The summed E-state index contributed by atoms with van der Waals surface area (Å²) in [5.41, 5.74) is 0.362. The highest BCUT2D eigenvalue weighted by Gasteiger charge is 2.33. The van der Waals surface area contributed by atoms with Gasteiger partial charge < -0.3 is 14.3 Å². The Kier molecular flexibility index (Phi) is 5.68. The Balaban J connectivity index is 1.54. The maximum atomic E-state index is 12.8. The maximum absolute atomic E-state index is 12.8. The molecule has 1 N–H and O–H groups in total. The number of rotatable bonds is 6. The summed E-state index contributed by atoms with van der Waals surface area (Å²) >= 11 is 0. The first-order chi connectivity index (χ1) is 12.8. The Hall–Kier alpha value is -2.17. The number of carbonyl (C=O) groups is 1. The summed E-state index contributed by atoms with van der Waals surface area (Å²) in [4.78, 5) is 14.3. The number of furan rings is 1. The van der Waals surface area contributed by atoms with E-state index in [1.807, 2.05) is 17.9 Å². The first kappa shape index (κ1) is 19.6. The van der Waals surface area contributed by atoms with Gasteiger partial charge in [0.1, 0.15) is 16.3 Å². The summed E-state index contributed by atoms with van der Waals surface area (Å²) < 4.78 is 37.3. The van der Waals surface area contributed by atoms with Crippen LogP contribution in [0.5, 0.6) is 0 Å². The number of amides is 1. The van der Waals surface area contributed by atoms with E-state index in [9.17, 15) is 13.2 Å². The van der Waals surface area contributed by atoms with Crippen molar-refractivity contribution in [3.8, 4) is 0 Å². The first-order valence-electron chi connectivity index (χ1n) is 8.77. The summed E-state index contributed by atoms with van der Waals surface area (Å²) in [6.07, 6.45) is 1.57. The molecule has 2 aromatic heterocycles. The molecule has 3 heterocycles. The van der Waals surface area contributed by atoms with E-state index in [4.69, 9.17) is 8.94 Å². The van der Waals surface area contributed by atoms with Gasteiger partial charge in [-0.25, -0.2) is 8.42 Å². The predicted molar refractivity (Wildman–Crippen MR) is 96.4 cm³/mol. The van der Waals surface area contributed by atoms with Crippen LogP contribution in [-0.4, -0.2) is 61.4 Å². The normalized spacial score (nSPS) is 17.7. The monoisotopic (exact) mass is 396 g/mol.